The van der Waals surface area contributed by atoms with E-state index in [1.54, 1.807) is 12.2 Å². The molecule has 0 bridgehead atoms. The van der Waals surface area contributed by atoms with Crippen molar-refractivity contribution >= 4 is 12.3 Å². The third-order valence-corrected chi connectivity index (χ3v) is 12.2. The highest BCUT2D eigenvalue weighted by Crippen LogP contribution is 2.49. The molecule has 5 fully saturated rings. The molecule has 1 N–H and O–H groups in total. The molecular weight excluding hydrogens is 648 g/mol. The zero-order chi connectivity index (χ0) is 36.3. The van der Waals surface area contributed by atoms with Gasteiger partial charge in [0.2, 0.25) is 0 Å². The number of carbonyl (C=O) groups is 2. The summed E-state index contributed by atoms with van der Waals surface area (Å²) in [6.45, 7) is 17.5. The molecule has 0 saturated carbocycles. The summed E-state index contributed by atoms with van der Waals surface area (Å²) in [4.78, 5) is 23.5. The summed E-state index contributed by atoms with van der Waals surface area (Å²) < 4.78 is 40.7. The lowest BCUT2D eigenvalue weighted by Crippen LogP contribution is -2.59. The summed E-state index contributed by atoms with van der Waals surface area (Å²) >= 11 is 0. The first-order valence-corrected chi connectivity index (χ1v) is 19.0. The summed E-state index contributed by atoms with van der Waals surface area (Å²) in [5.41, 5.74) is -0.187. The van der Waals surface area contributed by atoms with Crippen LogP contribution in [0.25, 0.3) is 0 Å². The van der Waals surface area contributed by atoms with Crippen LogP contribution in [0.1, 0.15) is 127 Å². The molecule has 13 unspecified atom stereocenters. The Morgan fingerprint density at radius 1 is 0.902 bits per heavy atom. The van der Waals surface area contributed by atoms with E-state index in [0.29, 0.717) is 32.1 Å². The van der Waals surface area contributed by atoms with Crippen molar-refractivity contribution in [2.45, 2.75) is 198 Å². The van der Waals surface area contributed by atoms with Crippen LogP contribution < -0.4 is 0 Å². The van der Waals surface area contributed by atoms with Gasteiger partial charge in [0.15, 0.2) is 0 Å². The van der Waals surface area contributed by atoms with Crippen molar-refractivity contribution in [3.05, 3.63) is 48.1 Å². The number of aldehydes is 1. The zero-order valence-electron chi connectivity index (χ0n) is 31.4. The predicted molar refractivity (Wildman–Crippen MR) is 198 cm³/mol. The van der Waals surface area contributed by atoms with E-state index in [9.17, 15) is 14.7 Å². The largest absolute Gasteiger partial charge is 0.460 e. The number of ether oxygens (including phenoxy) is 6. The normalized spacial score (nSPS) is 43.1. The van der Waals surface area contributed by atoms with Crippen molar-refractivity contribution in [1.29, 1.82) is 0 Å². The summed E-state index contributed by atoms with van der Waals surface area (Å²) in [7, 11) is 0. The molecule has 0 radical (unpaired) electrons. The Morgan fingerprint density at radius 2 is 1.59 bits per heavy atom. The van der Waals surface area contributed by atoms with Gasteiger partial charge in [-0.2, -0.15) is 0 Å². The quantitative estimate of drug-likeness (QED) is 0.105. The Kier molecular flexibility index (Phi) is 14.1. The van der Waals surface area contributed by atoms with Crippen molar-refractivity contribution in [3.8, 4) is 0 Å². The third kappa shape index (κ3) is 9.70. The van der Waals surface area contributed by atoms with Crippen molar-refractivity contribution in [1.82, 2.24) is 0 Å². The van der Waals surface area contributed by atoms with Crippen LogP contribution in [0.3, 0.4) is 0 Å². The molecule has 0 amide bonds. The molecule has 5 aliphatic heterocycles. The monoisotopic (exact) mass is 714 g/mol. The number of esters is 1. The number of rotatable bonds is 10. The second-order valence-electron chi connectivity index (χ2n) is 16.3. The van der Waals surface area contributed by atoms with Crippen LogP contribution in [0, 0.1) is 5.92 Å². The highest BCUT2D eigenvalue weighted by molar-refractivity contribution is 5.67. The van der Waals surface area contributed by atoms with Crippen molar-refractivity contribution < 1.29 is 43.1 Å². The Hall–Kier alpha value is -2.14. The number of hydrogen-bond donors (Lipinski definition) is 1. The third-order valence-electron chi connectivity index (χ3n) is 12.2. The fourth-order valence-corrected chi connectivity index (χ4v) is 8.93. The average Bonchev–Trinajstić information content (AvgIpc) is 3.31. The lowest BCUT2D eigenvalue weighted by atomic mass is 9.79. The van der Waals surface area contributed by atoms with E-state index in [1.807, 2.05) is 26.8 Å². The molecule has 9 nitrogen and oxygen atoms in total. The van der Waals surface area contributed by atoms with Crippen LogP contribution in [0.15, 0.2) is 48.1 Å². The van der Waals surface area contributed by atoms with Crippen LogP contribution in [-0.2, 0) is 38.0 Å². The van der Waals surface area contributed by atoms with Gasteiger partial charge in [-0.25, -0.2) is 0 Å². The number of allylic oxidation sites excluding steroid dienone is 7. The number of fused-ring (bicyclic) bond motifs is 4. The second kappa shape index (κ2) is 17.3. The van der Waals surface area contributed by atoms with Crippen molar-refractivity contribution in [3.63, 3.8) is 0 Å². The van der Waals surface area contributed by atoms with Crippen LogP contribution >= 0.6 is 0 Å². The molecule has 51 heavy (non-hydrogen) atoms. The van der Waals surface area contributed by atoms with Gasteiger partial charge in [-0.3, -0.25) is 9.59 Å². The van der Waals surface area contributed by atoms with Crippen molar-refractivity contribution in [2.24, 2.45) is 5.92 Å². The van der Waals surface area contributed by atoms with Gasteiger partial charge < -0.3 is 33.5 Å². The van der Waals surface area contributed by atoms with Gasteiger partial charge in [0.05, 0.1) is 59.5 Å². The molecule has 5 saturated heterocycles. The predicted octanol–water partition coefficient (Wildman–Crippen LogP) is 7.68. The fourth-order valence-electron chi connectivity index (χ4n) is 8.93. The fraction of sp³-hybridized carbons (Fsp3) is 0.762. The topological polar surface area (TPSA) is 110 Å². The highest BCUT2D eigenvalue weighted by Gasteiger charge is 2.59. The van der Waals surface area contributed by atoms with Crippen LogP contribution in [0.2, 0.25) is 0 Å². The number of aliphatic hydroxyl groups is 1. The van der Waals surface area contributed by atoms with Gasteiger partial charge in [0.25, 0.3) is 0 Å². The summed E-state index contributed by atoms with van der Waals surface area (Å²) in [5, 5.41) is 11.4. The maximum absolute atomic E-state index is 12.5. The minimum absolute atomic E-state index is 0. The Balaban J connectivity index is 0.00000583. The molecule has 288 valence electrons. The van der Waals surface area contributed by atoms with Gasteiger partial charge in [-0.15, -0.1) is 0 Å². The number of hydrogen-bond acceptors (Lipinski definition) is 9. The molecule has 9 heteroatoms. The molecule has 0 spiro atoms. The van der Waals surface area contributed by atoms with E-state index in [1.165, 1.54) is 6.92 Å². The summed E-state index contributed by atoms with van der Waals surface area (Å²) in [6, 6.07) is 0. The van der Waals surface area contributed by atoms with E-state index in [0.717, 1.165) is 56.0 Å². The smallest absolute Gasteiger partial charge is 0.302 e. The zero-order valence-corrected chi connectivity index (χ0v) is 31.4. The lowest BCUT2D eigenvalue weighted by molar-refractivity contribution is -0.274. The number of carbonyl (C=O) groups excluding carboxylic acids is 2. The molecule has 0 aromatic heterocycles. The van der Waals surface area contributed by atoms with Crippen LogP contribution in [0.5, 0.6) is 0 Å². The average molecular weight is 715 g/mol. The van der Waals surface area contributed by atoms with E-state index in [4.69, 9.17) is 28.4 Å². The first-order valence-electron chi connectivity index (χ1n) is 19.0. The molecule has 5 heterocycles. The molecule has 0 aromatic carbocycles. The lowest BCUT2D eigenvalue weighted by Gasteiger charge is -2.49. The molecule has 5 aliphatic rings. The maximum atomic E-state index is 12.5. The summed E-state index contributed by atoms with van der Waals surface area (Å²) in [5.74, 6) is -0.0847. The second-order valence-corrected chi connectivity index (χ2v) is 16.3. The van der Waals surface area contributed by atoms with E-state index < -0.39 is 29.0 Å². The minimum atomic E-state index is -0.946. The van der Waals surface area contributed by atoms with Gasteiger partial charge in [-0.1, -0.05) is 50.8 Å². The molecule has 13 atom stereocenters. The standard InChI is InChI=1S/C41H62O9.CH4/c1-9-10-11-12-16-35-39(6,44)20-17-31-32(46-35)18-21-40(7)37(47-31)24-33-38(50-40)34(45-29(5)43)25-41(8)36(48-33)23-28(4)30(49-41)15-13-14-26(2)27(3)19-22-42;/h9-11,14,19,22,28,30-38,44H,1,12-13,15-18,20-21,23-25H2,2-8H3;1H4/b11-10-,26-14+,27-19+;. The summed E-state index contributed by atoms with van der Waals surface area (Å²) in [6.07, 6.45) is 15.8. The van der Waals surface area contributed by atoms with Crippen LogP contribution in [-0.4, -0.2) is 89.1 Å². The molecule has 5 rings (SSSR count). The first-order chi connectivity index (χ1) is 23.7. The van der Waals surface area contributed by atoms with Gasteiger partial charge in [-0.05, 0) is 110 Å². The Labute approximate surface area is 307 Å². The van der Waals surface area contributed by atoms with E-state index in [-0.39, 0.29) is 62.0 Å². The van der Waals surface area contributed by atoms with E-state index >= 15 is 0 Å². The minimum Gasteiger partial charge on any atom is -0.460 e. The first kappa shape index (κ1) is 41.6. The Morgan fingerprint density at radius 3 is 2.29 bits per heavy atom. The molecule has 0 aromatic rings. The Bertz CT molecular complexity index is 1300. The maximum Gasteiger partial charge on any atom is 0.302 e. The molecular formula is C42H66O9. The van der Waals surface area contributed by atoms with Crippen molar-refractivity contribution in [2.75, 3.05) is 0 Å². The van der Waals surface area contributed by atoms with E-state index in [2.05, 4.69) is 39.5 Å². The van der Waals surface area contributed by atoms with Gasteiger partial charge in [0.1, 0.15) is 18.5 Å². The SMILES string of the molecule is C.C=C/C=C\CCC1OC2CCC3(C)OC4C(OC(C)=O)CC5(C)OC(CC/C=C(C)/C(C)=C/C=O)C(C)CC5OC4CC3OC2CCC1(C)O. The van der Waals surface area contributed by atoms with Crippen LogP contribution in [0.4, 0.5) is 0 Å². The van der Waals surface area contributed by atoms with Gasteiger partial charge >= 0.3 is 5.97 Å². The highest BCUT2D eigenvalue weighted by atomic mass is 16.6. The molecule has 0 aliphatic carbocycles. The van der Waals surface area contributed by atoms with Gasteiger partial charge in [0, 0.05) is 19.8 Å².